The number of hydrogen-bond donors (Lipinski definition) is 0. The molecule has 0 aliphatic carbocycles. The molecule has 0 aromatic heterocycles. The van der Waals surface area contributed by atoms with Gasteiger partial charge in [0, 0.05) is 5.92 Å². The first-order valence-electron chi connectivity index (χ1n) is 4.84. The first-order valence-corrected chi connectivity index (χ1v) is 4.84. The maximum absolute atomic E-state index is 11.2. The van der Waals surface area contributed by atoms with Crippen molar-refractivity contribution in [2.24, 2.45) is 11.8 Å². The van der Waals surface area contributed by atoms with E-state index < -0.39 is 0 Å². The second-order valence-electron chi connectivity index (χ2n) is 3.70. The lowest BCUT2D eigenvalue weighted by molar-refractivity contribution is -0.121. The van der Waals surface area contributed by atoms with Crippen molar-refractivity contribution < 1.29 is 4.79 Å². The van der Waals surface area contributed by atoms with Crippen LogP contribution in [0.25, 0.3) is 0 Å². The van der Waals surface area contributed by atoms with Crippen LogP contribution in [0.5, 0.6) is 0 Å². The highest BCUT2D eigenvalue weighted by atomic mass is 16.1. The van der Waals surface area contributed by atoms with Gasteiger partial charge in [-0.2, -0.15) is 0 Å². The number of ketones is 1. The van der Waals surface area contributed by atoms with Crippen LogP contribution in [0.1, 0.15) is 33.1 Å². The van der Waals surface area contributed by atoms with Gasteiger partial charge in [0.2, 0.25) is 0 Å². The fraction of sp³-hybridized carbons (Fsp3) is 0.583. The Hall–Kier alpha value is -0.850. The molecule has 0 rings (SSSR count). The Labute approximate surface area is 81.5 Å². The summed E-state index contributed by atoms with van der Waals surface area (Å²) in [6, 6.07) is 0. The zero-order valence-corrected chi connectivity index (χ0v) is 8.75. The topological polar surface area (TPSA) is 17.1 Å². The molecule has 1 nitrogen and oxygen atoms in total. The van der Waals surface area contributed by atoms with Gasteiger partial charge in [-0.1, -0.05) is 19.1 Å². The van der Waals surface area contributed by atoms with E-state index in [4.69, 9.17) is 0 Å². The van der Waals surface area contributed by atoms with Gasteiger partial charge in [0.15, 0.2) is 0 Å². The molecule has 0 heterocycles. The van der Waals surface area contributed by atoms with E-state index in [0.717, 1.165) is 19.3 Å². The van der Waals surface area contributed by atoms with Crippen LogP contribution in [-0.2, 0) is 4.79 Å². The summed E-state index contributed by atoms with van der Waals surface area (Å²) < 4.78 is 0. The van der Waals surface area contributed by atoms with Crippen molar-refractivity contribution >= 4 is 5.78 Å². The smallest absolute Gasteiger partial charge is 0.133 e. The second kappa shape index (κ2) is 6.64. The summed E-state index contributed by atoms with van der Waals surface area (Å²) in [5.74, 6) is 0.981. The van der Waals surface area contributed by atoms with E-state index >= 15 is 0 Å². The van der Waals surface area contributed by atoms with Crippen LogP contribution in [0.4, 0.5) is 0 Å². The molecule has 0 aromatic carbocycles. The molecule has 0 bridgehead atoms. The maximum atomic E-state index is 11.2. The van der Waals surface area contributed by atoms with E-state index in [1.54, 1.807) is 6.92 Å². The highest BCUT2D eigenvalue weighted by Gasteiger charge is 2.15. The largest absolute Gasteiger partial charge is 0.300 e. The van der Waals surface area contributed by atoms with Crippen LogP contribution in [-0.4, -0.2) is 5.78 Å². The first-order chi connectivity index (χ1) is 6.11. The van der Waals surface area contributed by atoms with Crippen molar-refractivity contribution in [2.75, 3.05) is 0 Å². The average molecular weight is 180 g/mol. The summed E-state index contributed by atoms with van der Waals surface area (Å²) in [7, 11) is 0. The highest BCUT2D eigenvalue weighted by Crippen LogP contribution is 2.19. The van der Waals surface area contributed by atoms with Crippen LogP contribution in [0, 0.1) is 11.8 Å². The minimum absolute atomic E-state index is 0.160. The van der Waals surface area contributed by atoms with Crippen LogP contribution >= 0.6 is 0 Å². The minimum Gasteiger partial charge on any atom is -0.300 e. The van der Waals surface area contributed by atoms with E-state index in [2.05, 4.69) is 20.1 Å². The molecule has 0 saturated carbocycles. The molecule has 1 heteroatoms. The van der Waals surface area contributed by atoms with Crippen molar-refractivity contribution in [2.45, 2.75) is 33.1 Å². The summed E-state index contributed by atoms with van der Waals surface area (Å²) in [5, 5.41) is 0. The number of Topliss-reactive ketones (excluding diaryl/α,β-unsaturated/α-hetero) is 1. The predicted molar refractivity (Wildman–Crippen MR) is 57.6 cm³/mol. The van der Waals surface area contributed by atoms with Gasteiger partial charge in [-0.25, -0.2) is 0 Å². The third-order valence-electron chi connectivity index (χ3n) is 2.28. The van der Waals surface area contributed by atoms with Crippen LogP contribution in [0.15, 0.2) is 25.3 Å². The Morgan fingerprint density at radius 1 is 1.31 bits per heavy atom. The predicted octanol–water partition coefficient (Wildman–Crippen LogP) is 3.37. The van der Waals surface area contributed by atoms with Gasteiger partial charge in [-0.05, 0) is 32.1 Å². The van der Waals surface area contributed by atoms with Crippen LogP contribution in [0.3, 0.4) is 0 Å². The molecule has 0 saturated heterocycles. The molecular formula is C12H20O. The lowest BCUT2D eigenvalue weighted by Gasteiger charge is -2.15. The molecule has 74 valence electrons. The Bertz CT molecular complexity index is 182. The summed E-state index contributed by atoms with van der Waals surface area (Å²) >= 11 is 0. The van der Waals surface area contributed by atoms with Crippen molar-refractivity contribution in [1.29, 1.82) is 0 Å². The Balaban J connectivity index is 4.00. The van der Waals surface area contributed by atoms with Crippen molar-refractivity contribution in [3.05, 3.63) is 25.3 Å². The van der Waals surface area contributed by atoms with Gasteiger partial charge in [-0.3, -0.25) is 4.79 Å². The Morgan fingerprint density at radius 2 is 1.85 bits per heavy atom. The van der Waals surface area contributed by atoms with Crippen LogP contribution in [0.2, 0.25) is 0 Å². The molecule has 2 unspecified atom stereocenters. The number of hydrogen-bond acceptors (Lipinski definition) is 1. The van der Waals surface area contributed by atoms with Gasteiger partial charge in [0.25, 0.3) is 0 Å². The zero-order valence-electron chi connectivity index (χ0n) is 8.75. The first kappa shape index (κ1) is 12.2. The Morgan fingerprint density at radius 3 is 2.23 bits per heavy atom. The monoisotopic (exact) mass is 180 g/mol. The van der Waals surface area contributed by atoms with E-state index in [9.17, 15) is 4.79 Å². The molecule has 0 fully saturated rings. The fourth-order valence-corrected chi connectivity index (χ4v) is 1.50. The van der Waals surface area contributed by atoms with E-state index in [0.29, 0.717) is 5.92 Å². The van der Waals surface area contributed by atoms with Gasteiger partial charge >= 0.3 is 0 Å². The lowest BCUT2D eigenvalue weighted by Crippen LogP contribution is -2.13. The van der Waals surface area contributed by atoms with Crippen molar-refractivity contribution in [1.82, 2.24) is 0 Å². The molecular weight excluding hydrogens is 160 g/mol. The molecule has 0 N–H and O–H groups in total. The van der Waals surface area contributed by atoms with Crippen LogP contribution < -0.4 is 0 Å². The normalized spacial score (nSPS) is 14.6. The summed E-state index contributed by atoms with van der Waals surface area (Å²) in [6.07, 6.45) is 6.48. The fourth-order valence-electron chi connectivity index (χ4n) is 1.50. The number of allylic oxidation sites excluding steroid dienone is 2. The molecule has 0 spiro atoms. The molecule has 0 amide bonds. The summed E-state index contributed by atoms with van der Waals surface area (Å²) in [4.78, 5) is 11.2. The van der Waals surface area contributed by atoms with Gasteiger partial charge < -0.3 is 0 Å². The number of rotatable bonds is 7. The number of carbonyl (C=O) groups is 1. The molecule has 13 heavy (non-hydrogen) atoms. The van der Waals surface area contributed by atoms with Gasteiger partial charge in [0.05, 0.1) is 0 Å². The maximum Gasteiger partial charge on any atom is 0.133 e. The van der Waals surface area contributed by atoms with Crippen molar-refractivity contribution in [3.63, 3.8) is 0 Å². The van der Waals surface area contributed by atoms with E-state index in [1.165, 1.54) is 0 Å². The zero-order chi connectivity index (χ0) is 10.3. The third kappa shape index (κ3) is 5.40. The summed E-state index contributed by atoms with van der Waals surface area (Å²) in [6.45, 7) is 11.2. The number of carbonyl (C=O) groups excluding carboxylic acids is 1. The van der Waals surface area contributed by atoms with Gasteiger partial charge in [0.1, 0.15) is 5.78 Å². The SMILES string of the molecule is C=CCC(C)CC(CC=C)C(C)=O. The molecule has 0 aromatic rings. The van der Waals surface area contributed by atoms with E-state index in [-0.39, 0.29) is 11.7 Å². The highest BCUT2D eigenvalue weighted by molar-refractivity contribution is 5.78. The molecule has 0 radical (unpaired) electrons. The minimum atomic E-state index is 0.160. The molecule has 2 atom stereocenters. The molecule has 0 aliphatic rings. The standard InChI is InChI=1S/C12H20O/c1-5-7-10(3)9-12(8-6-2)11(4)13/h5-6,10,12H,1-2,7-9H2,3-4H3. The van der Waals surface area contributed by atoms with Gasteiger partial charge in [-0.15, -0.1) is 13.2 Å². The van der Waals surface area contributed by atoms with Crippen molar-refractivity contribution in [3.8, 4) is 0 Å². The third-order valence-corrected chi connectivity index (χ3v) is 2.28. The second-order valence-corrected chi connectivity index (χ2v) is 3.70. The van der Waals surface area contributed by atoms with E-state index in [1.807, 2.05) is 12.2 Å². The quantitative estimate of drug-likeness (QED) is 0.549. The molecule has 0 aliphatic heterocycles. The summed E-state index contributed by atoms with van der Waals surface area (Å²) in [5.41, 5.74) is 0. The average Bonchev–Trinajstić information content (AvgIpc) is 2.04. The lowest BCUT2D eigenvalue weighted by atomic mass is 9.89. The Kier molecular flexibility index (Phi) is 6.21.